The van der Waals surface area contributed by atoms with E-state index >= 15 is 0 Å². The molecule has 150 valence electrons. The van der Waals surface area contributed by atoms with E-state index < -0.39 is 10.2 Å². The normalized spacial score (nSPS) is 11.7. The number of amides is 1. The quantitative estimate of drug-likeness (QED) is 0.358. The molecular formula is C19H19N5O4S. The predicted octanol–water partition coefficient (Wildman–Crippen LogP) is 3.61. The molecule has 0 saturated heterocycles. The minimum atomic E-state index is -0.537. The molecule has 1 aromatic heterocycles. The van der Waals surface area contributed by atoms with Gasteiger partial charge in [-0.2, -0.15) is 0 Å². The van der Waals surface area contributed by atoms with Crippen LogP contribution in [-0.2, 0) is 4.79 Å². The number of anilines is 1. The molecule has 0 aliphatic carbocycles. The van der Waals surface area contributed by atoms with Gasteiger partial charge in [0.1, 0.15) is 11.6 Å². The lowest BCUT2D eigenvalue weighted by atomic mass is 10.2. The fraction of sp³-hybridized carbons (Fsp3) is 0.211. The number of benzene rings is 2. The Labute approximate surface area is 171 Å². The van der Waals surface area contributed by atoms with E-state index in [0.29, 0.717) is 16.7 Å². The Morgan fingerprint density at radius 2 is 1.97 bits per heavy atom. The molecule has 0 radical (unpaired) electrons. The van der Waals surface area contributed by atoms with Gasteiger partial charge < -0.3 is 10.1 Å². The topological polar surface area (TPSA) is 112 Å². The average Bonchev–Trinajstić information content (AvgIpc) is 3.08. The van der Waals surface area contributed by atoms with Crippen LogP contribution in [0.4, 0.5) is 11.4 Å². The molecule has 2 aromatic carbocycles. The maximum absolute atomic E-state index is 12.7. The first-order valence-corrected chi connectivity index (χ1v) is 9.56. The van der Waals surface area contributed by atoms with E-state index in [9.17, 15) is 14.9 Å². The molecule has 9 nitrogen and oxygen atoms in total. The number of ether oxygens (including phenoxy) is 1. The molecule has 1 heterocycles. The van der Waals surface area contributed by atoms with Crippen molar-refractivity contribution in [3.8, 4) is 11.4 Å². The third-order valence-corrected chi connectivity index (χ3v) is 5.16. The molecule has 1 N–H and O–H groups in total. The number of carbonyl (C=O) groups excluding carboxylic acids is 1. The van der Waals surface area contributed by atoms with Gasteiger partial charge in [-0.25, -0.2) is 0 Å². The molecule has 0 bridgehead atoms. The predicted molar refractivity (Wildman–Crippen MR) is 110 cm³/mol. The molecule has 3 rings (SSSR count). The van der Waals surface area contributed by atoms with Gasteiger partial charge in [-0.05, 0) is 32.0 Å². The van der Waals surface area contributed by atoms with E-state index in [-0.39, 0.29) is 17.3 Å². The first-order valence-electron chi connectivity index (χ1n) is 8.68. The number of aromatic nitrogens is 3. The number of aryl methyl sites for hydroxylation is 1. The van der Waals surface area contributed by atoms with Crippen molar-refractivity contribution in [3.63, 3.8) is 0 Å². The van der Waals surface area contributed by atoms with Crippen LogP contribution >= 0.6 is 11.8 Å². The molecule has 0 aliphatic heterocycles. The number of rotatable bonds is 7. The summed E-state index contributed by atoms with van der Waals surface area (Å²) in [6.45, 7) is 3.56. The number of hydrogen-bond donors (Lipinski definition) is 1. The Balaban J connectivity index is 1.79. The second-order valence-corrected chi connectivity index (χ2v) is 7.40. The van der Waals surface area contributed by atoms with Crippen LogP contribution < -0.4 is 10.1 Å². The number of methoxy groups -OCH3 is 1. The maximum Gasteiger partial charge on any atom is 0.271 e. The van der Waals surface area contributed by atoms with Crippen molar-refractivity contribution in [1.82, 2.24) is 14.8 Å². The van der Waals surface area contributed by atoms with Gasteiger partial charge in [0.25, 0.3) is 5.69 Å². The van der Waals surface area contributed by atoms with Gasteiger partial charge in [-0.15, -0.1) is 10.2 Å². The van der Waals surface area contributed by atoms with E-state index in [4.69, 9.17) is 4.74 Å². The zero-order valence-corrected chi connectivity index (χ0v) is 16.8. The largest absolute Gasteiger partial charge is 0.495 e. The zero-order chi connectivity index (χ0) is 21.0. The van der Waals surface area contributed by atoms with Crippen molar-refractivity contribution >= 4 is 29.0 Å². The van der Waals surface area contributed by atoms with E-state index in [2.05, 4.69) is 15.5 Å². The van der Waals surface area contributed by atoms with Crippen LogP contribution in [0.25, 0.3) is 5.69 Å². The second kappa shape index (κ2) is 8.74. The van der Waals surface area contributed by atoms with Crippen molar-refractivity contribution < 1.29 is 14.5 Å². The standard InChI is InChI=1S/C19H19N5O4S/c1-12(18(25)20-16-11-15(24(26)27)9-10-17(16)28-3)29-19-22-21-13(2)23(19)14-7-5-4-6-8-14/h4-12H,1-3H3,(H,20,25). The fourth-order valence-electron chi connectivity index (χ4n) is 2.65. The van der Waals surface area contributed by atoms with Crippen molar-refractivity contribution in [1.29, 1.82) is 0 Å². The molecule has 10 heteroatoms. The van der Waals surface area contributed by atoms with Gasteiger partial charge in [-0.3, -0.25) is 19.5 Å². The average molecular weight is 413 g/mol. The minimum absolute atomic E-state index is 0.138. The number of para-hydroxylation sites is 1. The molecule has 1 amide bonds. The van der Waals surface area contributed by atoms with Crippen molar-refractivity contribution in [3.05, 3.63) is 64.5 Å². The van der Waals surface area contributed by atoms with Gasteiger partial charge >= 0.3 is 0 Å². The van der Waals surface area contributed by atoms with Crippen molar-refractivity contribution in [2.24, 2.45) is 0 Å². The highest BCUT2D eigenvalue weighted by Crippen LogP contribution is 2.31. The van der Waals surface area contributed by atoms with Crippen molar-refractivity contribution in [2.75, 3.05) is 12.4 Å². The fourth-order valence-corrected chi connectivity index (χ4v) is 3.56. The number of nitrogens with one attached hydrogen (secondary N) is 1. The Kier molecular flexibility index (Phi) is 6.13. The first-order chi connectivity index (χ1) is 13.9. The molecule has 1 unspecified atom stereocenters. The third kappa shape index (κ3) is 4.54. The van der Waals surface area contributed by atoms with Gasteiger partial charge in [0.05, 0.1) is 23.0 Å². The Morgan fingerprint density at radius 1 is 1.24 bits per heavy atom. The number of carbonyl (C=O) groups is 1. The van der Waals surface area contributed by atoms with E-state index in [0.717, 1.165) is 5.69 Å². The number of nitro benzene ring substituents is 1. The smallest absolute Gasteiger partial charge is 0.271 e. The van der Waals surface area contributed by atoms with E-state index in [1.165, 1.54) is 37.1 Å². The Morgan fingerprint density at radius 3 is 2.62 bits per heavy atom. The van der Waals surface area contributed by atoms with E-state index in [1.54, 1.807) is 6.92 Å². The molecule has 0 aliphatic rings. The summed E-state index contributed by atoms with van der Waals surface area (Å²) in [6.07, 6.45) is 0. The number of nitrogens with zero attached hydrogens (tertiary/aromatic N) is 4. The molecular weight excluding hydrogens is 394 g/mol. The Bertz CT molecular complexity index is 1040. The monoisotopic (exact) mass is 413 g/mol. The molecule has 3 aromatic rings. The Hall–Kier alpha value is -3.40. The lowest BCUT2D eigenvalue weighted by molar-refractivity contribution is -0.384. The molecule has 0 saturated carbocycles. The second-order valence-electron chi connectivity index (χ2n) is 6.09. The highest BCUT2D eigenvalue weighted by Gasteiger charge is 2.22. The number of hydrogen-bond acceptors (Lipinski definition) is 7. The number of nitro groups is 1. The molecule has 29 heavy (non-hydrogen) atoms. The number of non-ortho nitro benzene ring substituents is 1. The molecule has 1 atom stereocenters. The summed E-state index contributed by atoms with van der Waals surface area (Å²) in [4.78, 5) is 23.2. The van der Waals surface area contributed by atoms with Gasteiger partial charge in [0.2, 0.25) is 5.91 Å². The maximum atomic E-state index is 12.7. The summed E-state index contributed by atoms with van der Waals surface area (Å²) in [5, 5.41) is 22.0. The minimum Gasteiger partial charge on any atom is -0.495 e. The van der Waals surface area contributed by atoms with Gasteiger partial charge in [-0.1, -0.05) is 30.0 Å². The highest BCUT2D eigenvalue weighted by atomic mass is 32.2. The van der Waals surface area contributed by atoms with Crippen LogP contribution in [0, 0.1) is 17.0 Å². The van der Waals surface area contributed by atoms with E-state index in [1.807, 2.05) is 41.8 Å². The van der Waals surface area contributed by atoms with Crippen LogP contribution in [0.15, 0.2) is 53.7 Å². The van der Waals surface area contributed by atoms with Crippen LogP contribution in [0.1, 0.15) is 12.7 Å². The summed E-state index contributed by atoms with van der Waals surface area (Å²) in [5.41, 5.74) is 0.992. The summed E-state index contributed by atoms with van der Waals surface area (Å²) in [5.74, 6) is 0.699. The summed E-state index contributed by atoms with van der Waals surface area (Å²) < 4.78 is 7.05. The lowest BCUT2D eigenvalue weighted by Crippen LogP contribution is -2.23. The van der Waals surface area contributed by atoms with Crippen LogP contribution in [0.3, 0.4) is 0 Å². The summed E-state index contributed by atoms with van der Waals surface area (Å²) in [6, 6.07) is 13.6. The first kappa shape index (κ1) is 20.3. The lowest BCUT2D eigenvalue weighted by Gasteiger charge is -2.14. The molecule has 0 spiro atoms. The summed E-state index contributed by atoms with van der Waals surface area (Å²) >= 11 is 1.24. The van der Waals surface area contributed by atoms with Crippen LogP contribution in [-0.4, -0.2) is 38.0 Å². The van der Waals surface area contributed by atoms with Crippen molar-refractivity contribution in [2.45, 2.75) is 24.3 Å². The van der Waals surface area contributed by atoms with Gasteiger partial charge in [0.15, 0.2) is 5.16 Å². The highest BCUT2D eigenvalue weighted by molar-refractivity contribution is 8.00. The van der Waals surface area contributed by atoms with Crippen LogP contribution in [0.5, 0.6) is 5.75 Å². The third-order valence-electron chi connectivity index (χ3n) is 4.11. The molecule has 0 fully saturated rings. The van der Waals surface area contributed by atoms with Crippen LogP contribution in [0.2, 0.25) is 0 Å². The zero-order valence-electron chi connectivity index (χ0n) is 16.0. The SMILES string of the molecule is COc1ccc([N+](=O)[O-])cc1NC(=O)C(C)Sc1nnc(C)n1-c1ccccc1. The summed E-state index contributed by atoms with van der Waals surface area (Å²) in [7, 11) is 1.43. The number of thioether (sulfide) groups is 1. The van der Waals surface area contributed by atoms with Gasteiger partial charge in [0, 0.05) is 17.8 Å².